The van der Waals surface area contributed by atoms with Crippen LogP contribution in [0.4, 0.5) is 11.6 Å². The van der Waals surface area contributed by atoms with Crippen LogP contribution in [0.3, 0.4) is 0 Å². The first-order valence-corrected chi connectivity index (χ1v) is 6.48. The maximum Gasteiger partial charge on any atom is 0.268 e. The zero-order valence-electron chi connectivity index (χ0n) is 9.82. The number of anilines is 2. The highest BCUT2D eigenvalue weighted by Gasteiger charge is 2.25. The average molecular weight is 268 g/mol. The molecular formula is C9H12N6O2S. The van der Waals surface area contributed by atoms with Gasteiger partial charge in [-0.1, -0.05) is 0 Å². The van der Waals surface area contributed by atoms with E-state index in [1.807, 2.05) is 0 Å². The van der Waals surface area contributed by atoms with E-state index >= 15 is 0 Å². The van der Waals surface area contributed by atoms with Crippen molar-refractivity contribution in [3.63, 3.8) is 0 Å². The number of hydrogen-bond donors (Lipinski definition) is 2. The number of sulfonamides is 1. The average Bonchev–Trinajstić information content (AvgIpc) is 2.54. The summed E-state index contributed by atoms with van der Waals surface area (Å²) in [6.45, 7) is 1.62. The van der Waals surface area contributed by atoms with Gasteiger partial charge in [0.25, 0.3) is 10.0 Å². The molecule has 8 nitrogen and oxygen atoms in total. The minimum Gasteiger partial charge on any atom is -0.381 e. The van der Waals surface area contributed by atoms with Crippen molar-refractivity contribution in [1.82, 2.24) is 19.7 Å². The Hall–Kier alpha value is -2.16. The van der Waals surface area contributed by atoms with Gasteiger partial charge in [-0.2, -0.15) is 5.10 Å². The summed E-state index contributed by atoms with van der Waals surface area (Å²) in [4.78, 5) is 7.56. The third-order valence-electron chi connectivity index (χ3n) is 2.38. The first kappa shape index (κ1) is 12.3. The Morgan fingerprint density at radius 2 is 2.11 bits per heavy atom. The molecule has 3 N–H and O–H groups in total. The molecule has 0 bridgehead atoms. The molecule has 0 aliphatic heterocycles. The van der Waals surface area contributed by atoms with Crippen LogP contribution in [0.1, 0.15) is 5.69 Å². The summed E-state index contributed by atoms with van der Waals surface area (Å²) in [7, 11) is -2.20. The van der Waals surface area contributed by atoms with Crippen LogP contribution in [0.5, 0.6) is 0 Å². The summed E-state index contributed by atoms with van der Waals surface area (Å²) in [5.41, 5.74) is 6.04. The molecule has 0 aliphatic carbocycles. The number of nitrogens with zero attached hydrogens (tertiary/aromatic N) is 4. The molecule has 2 heterocycles. The van der Waals surface area contributed by atoms with E-state index in [-0.39, 0.29) is 16.5 Å². The Bertz CT molecular complexity index is 664. The number of hydrogen-bond acceptors (Lipinski definition) is 6. The van der Waals surface area contributed by atoms with Gasteiger partial charge >= 0.3 is 0 Å². The zero-order valence-corrected chi connectivity index (χ0v) is 10.6. The second-order valence-electron chi connectivity index (χ2n) is 3.62. The predicted octanol–water partition coefficient (Wildman–Crippen LogP) is -0.0985. The standard InChI is InChI=1S/C9H12N6O2S/c1-6-8(9(10)13-15(6)2)18(16,17)14-7-5-11-3-4-12-7/h3-5H,1-2H3,(H2,10,13)(H,12,14). The summed E-state index contributed by atoms with van der Waals surface area (Å²) in [6.07, 6.45) is 4.14. The van der Waals surface area contributed by atoms with Gasteiger partial charge in [0.15, 0.2) is 16.5 Å². The van der Waals surface area contributed by atoms with Crippen LogP contribution in [-0.4, -0.2) is 28.2 Å². The van der Waals surface area contributed by atoms with E-state index in [4.69, 9.17) is 5.73 Å². The summed E-state index contributed by atoms with van der Waals surface area (Å²) >= 11 is 0. The Balaban J connectivity index is 2.43. The quantitative estimate of drug-likeness (QED) is 0.803. The molecular weight excluding hydrogens is 256 g/mol. The molecule has 0 amide bonds. The fourth-order valence-electron chi connectivity index (χ4n) is 1.49. The molecule has 0 atom stereocenters. The lowest BCUT2D eigenvalue weighted by Crippen LogP contribution is -2.16. The first-order valence-electron chi connectivity index (χ1n) is 4.99. The Labute approximate surface area is 104 Å². The van der Waals surface area contributed by atoms with Crippen LogP contribution in [0.25, 0.3) is 0 Å². The van der Waals surface area contributed by atoms with Crippen molar-refractivity contribution in [2.45, 2.75) is 11.8 Å². The largest absolute Gasteiger partial charge is 0.381 e. The highest BCUT2D eigenvalue weighted by molar-refractivity contribution is 7.93. The molecule has 0 saturated heterocycles. The van der Waals surface area contributed by atoms with Crippen LogP contribution < -0.4 is 10.5 Å². The van der Waals surface area contributed by atoms with Crippen molar-refractivity contribution in [1.29, 1.82) is 0 Å². The minimum atomic E-state index is -3.81. The number of nitrogens with two attached hydrogens (primary N) is 1. The van der Waals surface area contributed by atoms with Crippen molar-refractivity contribution < 1.29 is 8.42 Å². The lowest BCUT2D eigenvalue weighted by atomic mass is 10.5. The molecule has 0 aromatic carbocycles. The van der Waals surface area contributed by atoms with Crippen molar-refractivity contribution in [3.05, 3.63) is 24.3 Å². The van der Waals surface area contributed by atoms with Gasteiger partial charge in [-0.25, -0.2) is 13.4 Å². The predicted molar refractivity (Wildman–Crippen MR) is 65.2 cm³/mol. The van der Waals surface area contributed by atoms with E-state index in [1.54, 1.807) is 14.0 Å². The summed E-state index contributed by atoms with van der Waals surface area (Å²) < 4.78 is 28.0. The van der Waals surface area contributed by atoms with Gasteiger partial charge in [-0.3, -0.25) is 14.4 Å². The maximum atomic E-state index is 12.1. The SMILES string of the molecule is Cc1c(S(=O)(=O)Nc2cnccn2)c(N)nn1C. The monoisotopic (exact) mass is 268 g/mol. The molecule has 2 rings (SSSR count). The molecule has 0 saturated carbocycles. The van der Waals surface area contributed by atoms with Gasteiger partial charge < -0.3 is 5.73 Å². The summed E-state index contributed by atoms with van der Waals surface area (Å²) in [5, 5.41) is 3.86. The molecule has 2 aromatic heterocycles. The molecule has 0 spiro atoms. The van der Waals surface area contributed by atoms with Crippen LogP contribution in [-0.2, 0) is 17.1 Å². The molecule has 0 unspecified atom stereocenters. The van der Waals surface area contributed by atoms with Crippen LogP contribution in [0.2, 0.25) is 0 Å². The first-order chi connectivity index (χ1) is 8.42. The van der Waals surface area contributed by atoms with Gasteiger partial charge in [-0.15, -0.1) is 0 Å². The summed E-state index contributed by atoms with van der Waals surface area (Å²) in [5.74, 6) is 0.0755. The van der Waals surface area contributed by atoms with Crippen molar-refractivity contribution in [2.24, 2.45) is 7.05 Å². The third kappa shape index (κ3) is 2.12. The number of nitrogen functional groups attached to an aromatic ring is 1. The Kier molecular flexibility index (Phi) is 2.91. The van der Waals surface area contributed by atoms with Crippen molar-refractivity contribution in [3.8, 4) is 0 Å². The fraction of sp³-hybridized carbons (Fsp3) is 0.222. The van der Waals surface area contributed by atoms with Crippen LogP contribution in [0, 0.1) is 6.92 Å². The second-order valence-corrected chi connectivity index (χ2v) is 5.24. The van der Waals surface area contributed by atoms with Crippen molar-refractivity contribution >= 4 is 21.7 Å². The minimum absolute atomic E-state index is 0.0457. The number of nitrogens with one attached hydrogen (secondary N) is 1. The molecule has 0 fully saturated rings. The molecule has 18 heavy (non-hydrogen) atoms. The number of aromatic nitrogens is 4. The lowest BCUT2D eigenvalue weighted by molar-refractivity contribution is 0.600. The van der Waals surface area contributed by atoms with Gasteiger partial charge in [0.05, 0.1) is 11.9 Å². The van der Waals surface area contributed by atoms with Gasteiger partial charge in [-0.05, 0) is 6.92 Å². The third-order valence-corrected chi connectivity index (χ3v) is 3.90. The second kappa shape index (κ2) is 4.26. The van der Waals surface area contributed by atoms with Gasteiger partial charge in [0.1, 0.15) is 0 Å². The molecule has 9 heteroatoms. The maximum absolute atomic E-state index is 12.1. The fourth-order valence-corrected chi connectivity index (χ4v) is 2.81. The van der Waals surface area contributed by atoms with Crippen molar-refractivity contribution in [2.75, 3.05) is 10.5 Å². The smallest absolute Gasteiger partial charge is 0.268 e. The van der Waals surface area contributed by atoms with E-state index < -0.39 is 10.0 Å². The highest BCUT2D eigenvalue weighted by atomic mass is 32.2. The Morgan fingerprint density at radius 3 is 2.61 bits per heavy atom. The van der Waals surface area contributed by atoms with Gasteiger partial charge in [0, 0.05) is 19.4 Å². The van der Waals surface area contributed by atoms with Crippen LogP contribution in [0.15, 0.2) is 23.5 Å². The van der Waals surface area contributed by atoms with Gasteiger partial charge in [0.2, 0.25) is 0 Å². The van der Waals surface area contributed by atoms with E-state index in [1.165, 1.54) is 23.3 Å². The normalized spacial score (nSPS) is 11.4. The molecule has 96 valence electrons. The molecule has 2 aromatic rings. The van der Waals surface area contributed by atoms with E-state index in [9.17, 15) is 8.42 Å². The lowest BCUT2D eigenvalue weighted by Gasteiger charge is -2.06. The number of rotatable bonds is 3. The number of aryl methyl sites for hydroxylation is 1. The topological polar surface area (TPSA) is 116 Å². The Morgan fingerprint density at radius 1 is 1.39 bits per heavy atom. The molecule has 0 aliphatic rings. The zero-order chi connectivity index (χ0) is 13.3. The van der Waals surface area contributed by atoms with E-state index in [0.717, 1.165) is 0 Å². The molecule has 0 radical (unpaired) electrons. The van der Waals surface area contributed by atoms with E-state index in [2.05, 4.69) is 19.8 Å². The summed E-state index contributed by atoms with van der Waals surface area (Å²) in [6, 6.07) is 0. The van der Waals surface area contributed by atoms with Crippen LogP contribution >= 0.6 is 0 Å². The highest BCUT2D eigenvalue weighted by Crippen LogP contribution is 2.22. The van der Waals surface area contributed by atoms with E-state index in [0.29, 0.717) is 5.69 Å².